The zero-order valence-electron chi connectivity index (χ0n) is 13.8. The SMILES string of the molecule is CCC(C)(C)CCS(=O)(=O)NCc1ccc2cn(C)nc2c1. The Bertz CT molecular complexity index is 748. The maximum atomic E-state index is 12.1. The van der Waals surface area contributed by atoms with E-state index in [1.54, 1.807) is 4.68 Å². The van der Waals surface area contributed by atoms with Crippen LogP contribution < -0.4 is 4.72 Å². The molecule has 0 aliphatic heterocycles. The lowest BCUT2D eigenvalue weighted by Crippen LogP contribution is -2.28. The van der Waals surface area contributed by atoms with Crippen LogP contribution in [-0.2, 0) is 23.6 Å². The van der Waals surface area contributed by atoms with Crippen molar-refractivity contribution >= 4 is 20.9 Å². The smallest absolute Gasteiger partial charge is 0.211 e. The Labute approximate surface area is 132 Å². The van der Waals surface area contributed by atoms with Crippen molar-refractivity contribution in [1.82, 2.24) is 14.5 Å². The average Bonchev–Trinajstić information content (AvgIpc) is 2.83. The van der Waals surface area contributed by atoms with Gasteiger partial charge in [0, 0.05) is 25.2 Å². The summed E-state index contributed by atoms with van der Waals surface area (Å²) in [6.45, 7) is 6.58. The molecule has 2 aromatic rings. The first-order valence-electron chi connectivity index (χ1n) is 7.60. The highest BCUT2D eigenvalue weighted by atomic mass is 32.2. The molecule has 0 aliphatic carbocycles. The third-order valence-electron chi connectivity index (χ3n) is 4.19. The second-order valence-electron chi connectivity index (χ2n) is 6.60. The Balaban J connectivity index is 1.98. The molecular weight excluding hydrogens is 298 g/mol. The van der Waals surface area contributed by atoms with Crippen molar-refractivity contribution in [3.8, 4) is 0 Å². The molecule has 6 heteroatoms. The molecule has 0 spiro atoms. The molecule has 22 heavy (non-hydrogen) atoms. The lowest BCUT2D eigenvalue weighted by atomic mass is 9.87. The fourth-order valence-corrected chi connectivity index (χ4v) is 3.50. The van der Waals surface area contributed by atoms with E-state index in [1.165, 1.54) is 0 Å². The number of hydrogen-bond donors (Lipinski definition) is 1. The summed E-state index contributed by atoms with van der Waals surface area (Å²) in [5, 5.41) is 5.39. The summed E-state index contributed by atoms with van der Waals surface area (Å²) in [4.78, 5) is 0. The molecule has 0 unspecified atom stereocenters. The van der Waals surface area contributed by atoms with E-state index in [0.29, 0.717) is 13.0 Å². The Morgan fingerprint density at radius 3 is 2.73 bits per heavy atom. The standard InChI is InChI=1S/C16H25N3O2S/c1-5-16(2,3)8-9-22(20,21)17-11-13-6-7-14-12-19(4)18-15(14)10-13/h6-7,10,12,17H,5,8-9,11H2,1-4H3. The van der Waals surface area contributed by atoms with Crippen LogP contribution in [0.25, 0.3) is 10.9 Å². The minimum Gasteiger partial charge on any atom is -0.275 e. The highest BCUT2D eigenvalue weighted by Gasteiger charge is 2.19. The van der Waals surface area contributed by atoms with E-state index in [9.17, 15) is 8.42 Å². The number of sulfonamides is 1. The van der Waals surface area contributed by atoms with Gasteiger partial charge in [-0.2, -0.15) is 5.10 Å². The first-order valence-corrected chi connectivity index (χ1v) is 9.26. The van der Waals surface area contributed by atoms with Crippen molar-refractivity contribution in [3.63, 3.8) is 0 Å². The van der Waals surface area contributed by atoms with Crippen molar-refractivity contribution in [2.75, 3.05) is 5.75 Å². The van der Waals surface area contributed by atoms with Gasteiger partial charge >= 0.3 is 0 Å². The molecule has 1 heterocycles. The van der Waals surface area contributed by atoms with Gasteiger partial charge in [-0.25, -0.2) is 13.1 Å². The van der Waals surface area contributed by atoms with E-state index in [2.05, 4.69) is 30.6 Å². The Kier molecular flexibility index (Phi) is 4.92. The predicted molar refractivity (Wildman–Crippen MR) is 90.0 cm³/mol. The van der Waals surface area contributed by atoms with Crippen molar-refractivity contribution in [1.29, 1.82) is 0 Å². The molecule has 5 nitrogen and oxygen atoms in total. The van der Waals surface area contributed by atoms with Crippen LogP contribution in [0.4, 0.5) is 0 Å². The summed E-state index contributed by atoms with van der Waals surface area (Å²) in [6, 6.07) is 5.82. The summed E-state index contributed by atoms with van der Waals surface area (Å²) in [7, 11) is -1.37. The van der Waals surface area contributed by atoms with Gasteiger partial charge in [0.05, 0.1) is 11.3 Å². The van der Waals surface area contributed by atoms with Crippen molar-refractivity contribution in [3.05, 3.63) is 30.0 Å². The second kappa shape index (κ2) is 6.38. The molecular formula is C16H25N3O2S. The van der Waals surface area contributed by atoms with Gasteiger partial charge in [-0.3, -0.25) is 4.68 Å². The maximum Gasteiger partial charge on any atom is 0.211 e. The fraction of sp³-hybridized carbons (Fsp3) is 0.562. The third kappa shape index (κ3) is 4.55. The minimum atomic E-state index is -3.25. The third-order valence-corrected chi connectivity index (χ3v) is 5.51. The van der Waals surface area contributed by atoms with Crippen LogP contribution in [0.1, 0.15) is 39.2 Å². The van der Waals surface area contributed by atoms with Crippen molar-refractivity contribution in [2.45, 2.75) is 40.2 Å². The average molecular weight is 323 g/mol. The van der Waals surface area contributed by atoms with Gasteiger partial charge in [0.15, 0.2) is 0 Å². The van der Waals surface area contributed by atoms with E-state index in [4.69, 9.17) is 0 Å². The lowest BCUT2D eigenvalue weighted by Gasteiger charge is -2.22. The van der Waals surface area contributed by atoms with Crippen LogP contribution in [0.15, 0.2) is 24.4 Å². The molecule has 0 radical (unpaired) electrons. The number of aryl methyl sites for hydroxylation is 1. The number of hydrogen-bond acceptors (Lipinski definition) is 3. The molecule has 0 aliphatic rings. The summed E-state index contributed by atoms with van der Waals surface area (Å²) in [5.74, 6) is 0.166. The van der Waals surface area contributed by atoms with Gasteiger partial charge in [0.1, 0.15) is 0 Å². The van der Waals surface area contributed by atoms with Crippen molar-refractivity contribution < 1.29 is 8.42 Å². The van der Waals surface area contributed by atoms with Crippen LogP contribution in [0.3, 0.4) is 0 Å². The molecule has 0 fully saturated rings. The molecule has 0 atom stereocenters. The molecule has 1 aromatic heterocycles. The Morgan fingerprint density at radius 2 is 2.05 bits per heavy atom. The molecule has 0 amide bonds. The molecule has 0 saturated carbocycles. The van der Waals surface area contributed by atoms with Crippen LogP contribution in [-0.4, -0.2) is 24.0 Å². The monoisotopic (exact) mass is 323 g/mol. The fourth-order valence-electron chi connectivity index (χ4n) is 2.15. The van der Waals surface area contributed by atoms with Gasteiger partial charge in [-0.15, -0.1) is 0 Å². The van der Waals surface area contributed by atoms with Gasteiger partial charge < -0.3 is 0 Å². The van der Waals surface area contributed by atoms with E-state index in [0.717, 1.165) is 22.9 Å². The summed E-state index contributed by atoms with van der Waals surface area (Å²) >= 11 is 0. The number of nitrogens with one attached hydrogen (secondary N) is 1. The molecule has 0 bridgehead atoms. The lowest BCUT2D eigenvalue weighted by molar-refractivity contribution is 0.338. The second-order valence-corrected chi connectivity index (χ2v) is 8.53. The Morgan fingerprint density at radius 1 is 1.32 bits per heavy atom. The summed E-state index contributed by atoms with van der Waals surface area (Å²) in [6.07, 6.45) is 3.58. The van der Waals surface area contributed by atoms with Gasteiger partial charge in [0.2, 0.25) is 10.0 Å². The topological polar surface area (TPSA) is 64.0 Å². The van der Waals surface area contributed by atoms with Gasteiger partial charge in [-0.1, -0.05) is 39.3 Å². The Hall–Kier alpha value is -1.40. The number of rotatable bonds is 7. The predicted octanol–water partition coefficient (Wildman–Crippen LogP) is 2.82. The highest BCUT2D eigenvalue weighted by molar-refractivity contribution is 7.89. The summed E-state index contributed by atoms with van der Waals surface area (Å²) < 4.78 is 28.6. The van der Waals surface area contributed by atoms with E-state index in [-0.39, 0.29) is 11.2 Å². The van der Waals surface area contributed by atoms with Crippen LogP contribution in [0.2, 0.25) is 0 Å². The van der Waals surface area contributed by atoms with Crippen LogP contribution >= 0.6 is 0 Å². The molecule has 1 N–H and O–H groups in total. The molecule has 1 aromatic carbocycles. The molecule has 2 rings (SSSR count). The number of aromatic nitrogens is 2. The van der Waals surface area contributed by atoms with Crippen molar-refractivity contribution in [2.24, 2.45) is 12.5 Å². The largest absolute Gasteiger partial charge is 0.275 e. The first-order chi connectivity index (χ1) is 10.2. The van der Waals surface area contributed by atoms with Crippen LogP contribution in [0.5, 0.6) is 0 Å². The van der Waals surface area contributed by atoms with Gasteiger partial charge in [0.25, 0.3) is 0 Å². The van der Waals surface area contributed by atoms with E-state index < -0.39 is 10.0 Å². The molecule has 122 valence electrons. The van der Waals surface area contributed by atoms with E-state index in [1.807, 2.05) is 31.4 Å². The first kappa shape index (κ1) is 17.0. The number of benzene rings is 1. The quantitative estimate of drug-likeness (QED) is 0.852. The summed E-state index contributed by atoms with van der Waals surface area (Å²) in [5.41, 5.74) is 1.86. The molecule has 0 saturated heterocycles. The highest BCUT2D eigenvalue weighted by Crippen LogP contribution is 2.24. The number of nitrogens with zero attached hydrogens (tertiary/aromatic N) is 2. The minimum absolute atomic E-state index is 0.0572. The zero-order chi connectivity index (χ0) is 16.4. The van der Waals surface area contributed by atoms with Crippen LogP contribution in [0, 0.1) is 5.41 Å². The zero-order valence-corrected chi connectivity index (χ0v) is 14.6. The van der Waals surface area contributed by atoms with Gasteiger partial charge in [-0.05, 0) is 23.5 Å². The van der Waals surface area contributed by atoms with E-state index >= 15 is 0 Å². The normalized spacial score (nSPS) is 12.9. The number of fused-ring (bicyclic) bond motifs is 1. The maximum absolute atomic E-state index is 12.1.